The molecule has 0 bridgehead atoms. The van der Waals surface area contributed by atoms with Crippen molar-refractivity contribution < 1.29 is 17.8 Å². The van der Waals surface area contributed by atoms with Crippen molar-refractivity contribution in [2.45, 2.75) is 0 Å². The molecule has 0 aliphatic heterocycles. The first-order valence-electron chi connectivity index (χ1n) is 4.02. The Bertz CT molecular complexity index is 296. The van der Waals surface area contributed by atoms with Gasteiger partial charge in [-0.2, -0.15) is 0 Å². The maximum absolute atomic E-state index is 12.5. The zero-order chi connectivity index (χ0) is 10.1. The summed E-state index contributed by atoms with van der Waals surface area (Å²) >= 11 is 0. The number of rotatable bonds is 2. The molecule has 13 heavy (non-hydrogen) atoms. The second kappa shape index (κ2) is 3.42. The smallest absolute Gasteiger partial charge is 0.445 e. The molecule has 1 aromatic carbocycles. The topological polar surface area (TPSA) is 4.44 Å². The van der Waals surface area contributed by atoms with E-state index in [1.165, 1.54) is 12.1 Å². The lowest BCUT2D eigenvalue weighted by Crippen LogP contribution is -3.01. The van der Waals surface area contributed by atoms with Crippen LogP contribution in [0.15, 0.2) is 24.3 Å². The van der Waals surface area contributed by atoms with E-state index in [2.05, 4.69) is 0 Å². The van der Waals surface area contributed by atoms with Gasteiger partial charge in [-0.25, -0.2) is 0 Å². The predicted molar refractivity (Wildman–Crippen MR) is 47.6 cm³/mol. The molecule has 1 rings (SSSR count). The molecule has 0 spiro atoms. The normalized spacial score (nSPS) is 12.2. The summed E-state index contributed by atoms with van der Waals surface area (Å²) in [5, 5.41) is 0. The molecule has 0 fully saturated rings. The predicted octanol–water partition coefficient (Wildman–Crippen LogP) is 0.517. The summed E-state index contributed by atoms with van der Waals surface area (Å²) in [5.74, 6) is 0. The Balaban J connectivity index is 3.20. The van der Waals surface area contributed by atoms with E-state index in [4.69, 9.17) is 0 Å². The highest BCUT2D eigenvalue weighted by Gasteiger charge is 2.30. The van der Waals surface area contributed by atoms with E-state index in [1.54, 1.807) is 20.2 Å². The summed E-state index contributed by atoms with van der Waals surface area (Å²) in [6.07, 6.45) is 0. The summed E-state index contributed by atoms with van der Waals surface area (Å²) in [7, 11) is 3.36. The summed E-state index contributed by atoms with van der Waals surface area (Å²) in [6, 6.07) is 5.66. The lowest BCUT2D eigenvalue weighted by atomic mass is 9.78. The molecular weight excluding hydrogens is 178 g/mol. The maximum Gasteiger partial charge on any atom is 0.515 e. The van der Waals surface area contributed by atoms with Gasteiger partial charge in [0.05, 0.1) is 14.1 Å². The highest BCUT2D eigenvalue weighted by Crippen LogP contribution is 2.12. The van der Waals surface area contributed by atoms with Crippen LogP contribution in [0.25, 0.3) is 0 Å². The van der Waals surface area contributed by atoms with Crippen molar-refractivity contribution in [3.05, 3.63) is 24.3 Å². The van der Waals surface area contributed by atoms with Gasteiger partial charge in [0.15, 0.2) is 0 Å². The quantitative estimate of drug-likeness (QED) is 0.646. The highest BCUT2D eigenvalue weighted by atomic mass is 19.4. The lowest BCUT2D eigenvalue weighted by molar-refractivity contribution is -0.785. The molecule has 0 aromatic heterocycles. The fourth-order valence-electron chi connectivity index (χ4n) is 1.24. The number of benzene rings is 1. The highest BCUT2D eigenvalue weighted by molar-refractivity contribution is 6.74. The van der Waals surface area contributed by atoms with E-state index < -0.39 is 12.4 Å². The van der Waals surface area contributed by atoms with Gasteiger partial charge >= 0.3 is 6.98 Å². The summed E-state index contributed by atoms with van der Waals surface area (Å²) < 4.78 is 37.4. The van der Waals surface area contributed by atoms with Gasteiger partial charge in [-0.1, -0.05) is 18.2 Å². The Labute approximate surface area is 75.2 Å². The molecule has 1 N–H and O–H groups in total. The average Bonchev–Trinajstić information content (AvgIpc) is 2.03. The molecule has 0 aliphatic rings. The van der Waals surface area contributed by atoms with Gasteiger partial charge < -0.3 is 17.8 Å². The van der Waals surface area contributed by atoms with Crippen molar-refractivity contribution in [3.8, 4) is 0 Å². The van der Waals surface area contributed by atoms with Crippen LogP contribution in [0.2, 0.25) is 0 Å². The van der Waals surface area contributed by atoms with E-state index in [0.717, 1.165) is 6.07 Å². The van der Waals surface area contributed by atoms with Gasteiger partial charge in [0, 0.05) is 0 Å². The number of quaternary nitrogens is 1. The number of nitrogens with one attached hydrogen (secondary N) is 1. The maximum atomic E-state index is 12.5. The van der Waals surface area contributed by atoms with Crippen LogP contribution in [0.4, 0.5) is 18.6 Å². The third-order valence-electron chi connectivity index (χ3n) is 1.85. The first-order chi connectivity index (χ1) is 5.93. The van der Waals surface area contributed by atoms with E-state index >= 15 is 0 Å². The van der Waals surface area contributed by atoms with Gasteiger partial charge in [-0.15, -0.1) is 0 Å². The van der Waals surface area contributed by atoms with Crippen LogP contribution in [-0.4, -0.2) is 21.1 Å². The zero-order valence-corrected chi connectivity index (χ0v) is 7.52. The molecule has 5 heteroatoms. The van der Waals surface area contributed by atoms with Gasteiger partial charge in [0.25, 0.3) is 0 Å². The van der Waals surface area contributed by atoms with Gasteiger partial charge in [-0.05, 0) is 11.5 Å². The van der Waals surface area contributed by atoms with Gasteiger partial charge in [-0.3, -0.25) is 0 Å². The number of hydrogen-bond acceptors (Lipinski definition) is 0. The van der Waals surface area contributed by atoms with Crippen molar-refractivity contribution in [1.82, 2.24) is 0 Å². The van der Waals surface area contributed by atoms with Crippen LogP contribution >= 0.6 is 0 Å². The van der Waals surface area contributed by atoms with Gasteiger partial charge in [0.1, 0.15) is 5.69 Å². The second-order valence-corrected chi connectivity index (χ2v) is 3.16. The fourth-order valence-corrected chi connectivity index (χ4v) is 1.24. The molecule has 0 atom stereocenters. The SMILES string of the molecule is C[NH+](C)c1ccccc1[B-](F)(F)F. The minimum Gasteiger partial charge on any atom is -0.445 e. The third kappa shape index (κ3) is 2.24. The Morgan fingerprint density at radius 3 is 2.00 bits per heavy atom. The third-order valence-corrected chi connectivity index (χ3v) is 1.85. The van der Waals surface area contributed by atoms with Crippen molar-refractivity contribution in [3.63, 3.8) is 0 Å². The van der Waals surface area contributed by atoms with Crippen LogP contribution in [0.5, 0.6) is 0 Å². The molecule has 72 valence electrons. The Kier molecular flexibility index (Phi) is 2.66. The standard InChI is InChI=1S/C8H10BF3N/c1-13(2)8-6-4-3-5-7(8)9(10,11)12/h3-6H,1-2H3/q-1/p+1. The first kappa shape index (κ1) is 10.1. The molecule has 0 radical (unpaired) electrons. The largest absolute Gasteiger partial charge is 0.515 e. The van der Waals surface area contributed by atoms with Crippen LogP contribution in [0.3, 0.4) is 0 Å². The van der Waals surface area contributed by atoms with Crippen LogP contribution in [0, 0.1) is 0 Å². The molecule has 0 unspecified atom stereocenters. The van der Waals surface area contributed by atoms with Crippen LogP contribution in [0.1, 0.15) is 0 Å². The summed E-state index contributed by atoms with van der Waals surface area (Å²) in [4.78, 5) is 0.690. The number of halogens is 3. The minimum atomic E-state index is -4.89. The van der Waals surface area contributed by atoms with Crippen molar-refractivity contribution in [2.75, 3.05) is 14.1 Å². The monoisotopic (exact) mass is 189 g/mol. The van der Waals surface area contributed by atoms with E-state index in [1.807, 2.05) is 0 Å². The molecule has 0 saturated heterocycles. The van der Waals surface area contributed by atoms with Crippen LogP contribution in [-0.2, 0) is 0 Å². The summed E-state index contributed by atoms with van der Waals surface area (Å²) in [5.41, 5.74) is -0.197. The zero-order valence-electron chi connectivity index (χ0n) is 7.52. The molecule has 0 aliphatic carbocycles. The van der Waals surface area contributed by atoms with Crippen molar-refractivity contribution in [1.29, 1.82) is 0 Å². The Morgan fingerprint density at radius 2 is 1.62 bits per heavy atom. The second-order valence-electron chi connectivity index (χ2n) is 3.16. The fraction of sp³-hybridized carbons (Fsp3) is 0.250. The molecule has 1 nitrogen and oxygen atoms in total. The van der Waals surface area contributed by atoms with Crippen LogP contribution < -0.4 is 10.4 Å². The van der Waals surface area contributed by atoms with Crippen molar-refractivity contribution >= 4 is 18.1 Å². The molecule has 1 aromatic rings. The molecular formula is C8H11BF3N. The molecule has 0 saturated carbocycles. The van der Waals surface area contributed by atoms with Crippen molar-refractivity contribution in [2.24, 2.45) is 0 Å². The van der Waals surface area contributed by atoms with E-state index in [-0.39, 0.29) is 0 Å². The van der Waals surface area contributed by atoms with E-state index in [0.29, 0.717) is 10.6 Å². The summed E-state index contributed by atoms with van der Waals surface area (Å²) in [6.45, 7) is -4.89. The minimum absolute atomic E-state index is 0.301. The molecule has 0 amide bonds. The lowest BCUT2D eigenvalue weighted by Gasteiger charge is -2.19. The average molecular weight is 189 g/mol. The number of para-hydroxylation sites is 1. The van der Waals surface area contributed by atoms with E-state index in [9.17, 15) is 12.9 Å². The Hall–Kier alpha value is -0.965. The first-order valence-corrected chi connectivity index (χ1v) is 4.02. The Morgan fingerprint density at radius 1 is 1.08 bits per heavy atom. The molecule has 0 heterocycles. The van der Waals surface area contributed by atoms with Gasteiger partial charge in [0.2, 0.25) is 0 Å². The number of hydrogen-bond donors (Lipinski definition) is 1.